The van der Waals surface area contributed by atoms with E-state index in [1.165, 1.54) is 11.8 Å². The van der Waals surface area contributed by atoms with Gasteiger partial charge in [-0.1, -0.05) is 42.1 Å². The molecule has 3 aromatic rings. The summed E-state index contributed by atoms with van der Waals surface area (Å²) in [6.45, 7) is 2.33. The van der Waals surface area contributed by atoms with Crippen molar-refractivity contribution in [3.63, 3.8) is 0 Å². The third-order valence-electron chi connectivity index (χ3n) is 5.90. The van der Waals surface area contributed by atoms with E-state index in [1.807, 2.05) is 37.3 Å². The number of carbonyl (C=O) groups is 1. The summed E-state index contributed by atoms with van der Waals surface area (Å²) in [7, 11) is 1.78. The predicted octanol–water partition coefficient (Wildman–Crippen LogP) is 2.83. The van der Waals surface area contributed by atoms with E-state index in [1.54, 1.807) is 16.5 Å². The summed E-state index contributed by atoms with van der Waals surface area (Å²) in [4.78, 5) is 51.8. The highest BCUT2D eigenvalue weighted by Crippen LogP contribution is 2.41. The molecule has 2 aliphatic rings. The van der Waals surface area contributed by atoms with Crippen molar-refractivity contribution in [3.05, 3.63) is 62.6 Å². The average molecular weight is 452 g/mol. The number of benzene rings is 1. The summed E-state index contributed by atoms with van der Waals surface area (Å²) in [5, 5.41) is 0.326. The number of aromatic amines is 1. The molecule has 1 amide bonds. The lowest BCUT2D eigenvalue weighted by Gasteiger charge is -2.21. The van der Waals surface area contributed by atoms with E-state index in [-0.39, 0.29) is 17.9 Å². The first kappa shape index (κ1) is 20.9. The number of hydrogen-bond acceptors (Lipinski definition) is 6. The second-order valence-corrected chi connectivity index (χ2v) is 9.99. The highest BCUT2D eigenvalue weighted by Gasteiger charge is 2.33. The first-order chi connectivity index (χ1) is 15.4. The maximum absolute atomic E-state index is 13.1. The smallest absolute Gasteiger partial charge is 0.330 e. The number of rotatable bonds is 7. The summed E-state index contributed by atoms with van der Waals surface area (Å²) >= 11 is 1.26. The van der Waals surface area contributed by atoms with E-state index in [0.29, 0.717) is 28.4 Å². The number of nitrogens with zero attached hydrogens (tertiary/aromatic N) is 4. The molecule has 1 N–H and O–H groups in total. The molecule has 0 bridgehead atoms. The maximum atomic E-state index is 13.1. The van der Waals surface area contributed by atoms with E-state index >= 15 is 0 Å². The summed E-state index contributed by atoms with van der Waals surface area (Å²) in [6.07, 6.45) is 3.79. The Morgan fingerprint density at radius 3 is 2.56 bits per heavy atom. The Labute approximate surface area is 189 Å². The van der Waals surface area contributed by atoms with Gasteiger partial charge in [0.25, 0.3) is 5.56 Å². The Morgan fingerprint density at radius 2 is 1.91 bits per heavy atom. The van der Waals surface area contributed by atoms with Gasteiger partial charge in [-0.25, -0.2) is 14.8 Å². The summed E-state index contributed by atoms with van der Waals surface area (Å²) in [5.74, 6) is 0.870. The molecule has 2 aromatic heterocycles. The van der Waals surface area contributed by atoms with Gasteiger partial charge >= 0.3 is 5.69 Å². The van der Waals surface area contributed by atoms with Gasteiger partial charge in [0.2, 0.25) is 5.91 Å². The molecule has 2 fully saturated rings. The minimum absolute atomic E-state index is 0.0504. The molecule has 5 rings (SSSR count). The molecule has 0 spiro atoms. The van der Waals surface area contributed by atoms with Gasteiger partial charge < -0.3 is 4.90 Å². The lowest BCUT2D eigenvalue weighted by molar-refractivity contribution is -0.129. The Bertz CT molecular complexity index is 1290. The van der Waals surface area contributed by atoms with Crippen LogP contribution in [0.25, 0.3) is 11.0 Å². The Hall–Kier alpha value is -2.94. The van der Waals surface area contributed by atoms with Crippen molar-refractivity contribution >= 4 is 28.7 Å². The van der Waals surface area contributed by atoms with Crippen LogP contribution in [0, 0.1) is 0 Å². The maximum Gasteiger partial charge on any atom is 0.330 e. The van der Waals surface area contributed by atoms with E-state index in [2.05, 4.69) is 15.0 Å². The molecule has 32 heavy (non-hydrogen) atoms. The minimum atomic E-state index is -0.496. The number of H-pyrrole nitrogens is 1. The van der Waals surface area contributed by atoms with Crippen LogP contribution in [0.2, 0.25) is 0 Å². The largest absolute Gasteiger partial charge is 0.340 e. The van der Waals surface area contributed by atoms with Crippen LogP contribution >= 0.6 is 11.8 Å². The van der Waals surface area contributed by atoms with E-state index in [0.717, 1.165) is 31.2 Å². The number of nitrogens with one attached hydrogen (secondary N) is 1. The molecule has 2 heterocycles. The van der Waals surface area contributed by atoms with Crippen LogP contribution in [-0.4, -0.2) is 42.6 Å². The van der Waals surface area contributed by atoms with Gasteiger partial charge in [-0.15, -0.1) is 0 Å². The third kappa shape index (κ3) is 4.09. The monoisotopic (exact) mass is 451 g/mol. The van der Waals surface area contributed by atoms with Crippen LogP contribution < -0.4 is 11.2 Å². The predicted molar refractivity (Wildman–Crippen MR) is 123 cm³/mol. The summed E-state index contributed by atoms with van der Waals surface area (Å²) < 4.78 is 1.60. The lowest BCUT2D eigenvalue weighted by atomic mass is 10.2. The van der Waals surface area contributed by atoms with Crippen LogP contribution in [0.15, 0.2) is 44.9 Å². The molecular formula is C23H25N5O3S. The second-order valence-electron chi connectivity index (χ2n) is 8.66. The average Bonchev–Trinajstić information content (AvgIpc) is 3.67. The van der Waals surface area contributed by atoms with Crippen molar-refractivity contribution in [1.29, 1.82) is 0 Å². The van der Waals surface area contributed by atoms with Crippen LogP contribution in [0.3, 0.4) is 0 Å². The summed E-state index contributed by atoms with van der Waals surface area (Å²) in [5.41, 5.74) is 0.532. The fraction of sp³-hybridized carbons (Fsp3) is 0.435. The Kier molecular flexibility index (Phi) is 5.36. The number of fused-ring (bicyclic) bond motifs is 1. The molecule has 8 nitrogen and oxygen atoms in total. The second kappa shape index (κ2) is 8.20. The van der Waals surface area contributed by atoms with Gasteiger partial charge in [0, 0.05) is 25.6 Å². The van der Waals surface area contributed by atoms with Crippen molar-refractivity contribution in [2.75, 3.05) is 7.05 Å². The topological polar surface area (TPSA) is 101 Å². The number of carbonyl (C=O) groups excluding carboxylic acids is 1. The van der Waals surface area contributed by atoms with Gasteiger partial charge in [0.05, 0.1) is 5.25 Å². The van der Waals surface area contributed by atoms with Crippen molar-refractivity contribution in [2.24, 2.45) is 0 Å². The van der Waals surface area contributed by atoms with Crippen molar-refractivity contribution in [1.82, 2.24) is 24.4 Å². The molecule has 9 heteroatoms. The van der Waals surface area contributed by atoms with Crippen LogP contribution in [0.1, 0.15) is 56.0 Å². The zero-order valence-corrected chi connectivity index (χ0v) is 18.9. The molecule has 0 radical (unpaired) electrons. The molecule has 166 valence electrons. The fourth-order valence-corrected chi connectivity index (χ4v) is 4.94. The SMILES string of the molecule is C[C@@H](Sc1nc(C2CC2)nc2c1c(=O)[nH]c(=O)n2C1CC1)C(=O)N(C)Cc1ccccc1. The molecule has 1 atom stereocenters. The van der Waals surface area contributed by atoms with E-state index in [9.17, 15) is 14.4 Å². The first-order valence-corrected chi connectivity index (χ1v) is 11.8. The fourth-order valence-electron chi connectivity index (χ4n) is 3.88. The normalized spacial score (nSPS) is 16.8. The van der Waals surface area contributed by atoms with Gasteiger partial charge in [-0.3, -0.25) is 19.1 Å². The number of amides is 1. The zero-order valence-electron chi connectivity index (χ0n) is 18.1. The molecule has 1 aromatic carbocycles. The molecular weight excluding hydrogens is 426 g/mol. The standard InChI is InChI=1S/C23H25N5O3S/c1-13(22(30)27(2)12-14-6-4-3-5-7-14)32-21-17-19(24-18(25-21)15-8-9-15)28(16-10-11-16)23(31)26-20(17)29/h3-7,13,15-16H,8-12H2,1-2H3,(H,26,29,31)/t13-/m1/s1. The molecule has 2 saturated carbocycles. The van der Waals surface area contributed by atoms with Crippen molar-refractivity contribution < 1.29 is 4.79 Å². The molecule has 0 aliphatic heterocycles. The van der Waals surface area contributed by atoms with Gasteiger partial charge in [0.1, 0.15) is 16.2 Å². The quantitative estimate of drug-likeness (QED) is 0.438. The number of thioether (sulfide) groups is 1. The Morgan fingerprint density at radius 1 is 1.19 bits per heavy atom. The van der Waals surface area contributed by atoms with Crippen LogP contribution in [0.5, 0.6) is 0 Å². The van der Waals surface area contributed by atoms with Crippen LogP contribution in [0.4, 0.5) is 0 Å². The van der Waals surface area contributed by atoms with E-state index in [4.69, 9.17) is 0 Å². The zero-order chi connectivity index (χ0) is 22.4. The van der Waals surface area contributed by atoms with Gasteiger partial charge in [-0.05, 0) is 38.2 Å². The summed E-state index contributed by atoms with van der Waals surface area (Å²) in [6, 6.07) is 9.88. The highest BCUT2D eigenvalue weighted by molar-refractivity contribution is 8.00. The minimum Gasteiger partial charge on any atom is -0.340 e. The van der Waals surface area contributed by atoms with Crippen molar-refractivity contribution in [2.45, 2.75) is 61.4 Å². The molecule has 0 unspecified atom stereocenters. The van der Waals surface area contributed by atoms with Gasteiger partial charge in [-0.2, -0.15) is 0 Å². The van der Waals surface area contributed by atoms with Crippen LogP contribution in [-0.2, 0) is 11.3 Å². The van der Waals surface area contributed by atoms with Crippen molar-refractivity contribution in [3.8, 4) is 0 Å². The first-order valence-electron chi connectivity index (χ1n) is 10.9. The van der Waals surface area contributed by atoms with Gasteiger partial charge in [0.15, 0.2) is 5.65 Å². The lowest BCUT2D eigenvalue weighted by Crippen LogP contribution is -2.33. The Balaban J connectivity index is 1.49. The molecule has 0 saturated heterocycles. The number of hydrogen-bond donors (Lipinski definition) is 1. The third-order valence-corrected chi connectivity index (χ3v) is 6.97. The molecule has 2 aliphatic carbocycles. The van der Waals surface area contributed by atoms with E-state index < -0.39 is 16.5 Å². The number of aromatic nitrogens is 4. The highest BCUT2D eigenvalue weighted by atomic mass is 32.2.